The van der Waals surface area contributed by atoms with Gasteiger partial charge in [0, 0.05) is 11.1 Å². The van der Waals surface area contributed by atoms with Crippen LogP contribution in [0.25, 0.3) is 11.3 Å². The Hall–Kier alpha value is -2.88. The van der Waals surface area contributed by atoms with E-state index in [1.165, 1.54) is 0 Å². The summed E-state index contributed by atoms with van der Waals surface area (Å²) < 4.78 is 5.93. The quantitative estimate of drug-likeness (QED) is 0.922. The molecule has 4 rings (SSSR count). The molecule has 0 fully saturated rings. The Labute approximate surface area is 141 Å². The minimum atomic E-state index is -0.233. The highest BCUT2D eigenvalue weighted by Gasteiger charge is 2.32. The van der Waals surface area contributed by atoms with Crippen LogP contribution in [0.2, 0.25) is 0 Å². The molecule has 2 aromatic carbocycles. The van der Waals surface area contributed by atoms with Crippen molar-refractivity contribution in [2.75, 3.05) is 6.61 Å². The average Bonchev–Trinajstić information content (AvgIpc) is 3.10. The van der Waals surface area contributed by atoms with Crippen molar-refractivity contribution in [1.82, 2.24) is 0 Å². The van der Waals surface area contributed by atoms with E-state index in [1.807, 2.05) is 54.6 Å². The Morgan fingerprint density at radius 3 is 2.33 bits per heavy atom. The minimum absolute atomic E-state index is 0.233. The van der Waals surface area contributed by atoms with Gasteiger partial charge in [-0.15, -0.1) is 0 Å². The molecule has 0 spiro atoms. The highest BCUT2D eigenvalue weighted by atomic mass is 16.5. The summed E-state index contributed by atoms with van der Waals surface area (Å²) in [5, 5.41) is 0. The van der Waals surface area contributed by atoms with Crippen molar-refractivity contribution in [3.05, 3.63) is 71.3 Å². The maximum absolute atomic E-state index is 6.14. The van der Waals surface area contributed by atoms with Crippen molar-refractivity contribution >= 4 is 23.0 Å². The smallest absolute Gasteiger partial charge is 0.219 e. The van der Waals surface area contributed by atoms with Gasteiger partial charge in [0.15, 0.2) is 0 Å². The van der Waals surface area contributed by atoms with Gasteiger partial charge in [-0.1, -0.05) is 54.6 Å². The second-order valence-corrected chi connectivity index (χ2v) is 6.65. The van der Waals surface area contributed by atoms with E-state index in [0.717, 1.165) is 28.0 Å². The first-order chi connectivity index (χ1) is 11.6. The lowest BCUT2D eigenvalue weighted by Crippen LogP contribution is -2.17. The Morgan fingerprint density at radius 1 is 1.00 bits per heavy atom. The van der Waals surface area contributed by atoms with E-state index >= 15 is 0 Å². The number of benzene rings is 2. The molecule has 0 aliphatic carbocycles. The largest absolute Gasteiger partial charge is 0.475 e. The zero-order valence-corrected chi connectivity index (χ0v) is 13.8. The summed E-state index contributed by atoms with van der Waals surface area (Å²) in [5.74, 6) is 1.17. The van der Waals surface area contributed by atoms with E-state index in [9.17, 15) is 0 Å². The molecule has 2 N–H and O–H groups in total. The molecule has 0 saturated carbocycles. The standard InChI is InChI=1S/C20H19N3O/c1-20(2)12-24-19(23-20)16(13-8-4-3-5-9-13)17-14-10-6-7-11-15(14)18(21)22-17/h3-11H,12H2,1-2H3,(H2,21,22)/b17-16-. The van der Waals surface area contributed by atoms with Crippen LogP contribution in [0, 0.1) is 0 Å². The molecule has 4 nitrogen and oxygen atoms in total. The molecular formula is C20H19N3O. The van der Waals surface area contributed by atoms with Gasteiger partial charge in [0.2, 0.25) is 5.90 Å². The van der Waals surface area contributed by atoms with Crippen LogP contribution >= 0.6 is 0 Å². The van der Waals surface area contributed by atoms with Gasteiger partial charge in [-0.25, -0.2) is 9.98 Å². The summed E-state index contributed by atoms with van der Waals surface area (Å²) in [5.41, 5.74) is 10.6. The fourth-order valence-electron chi connectivity index (χ4n) is 3.02. The third-order valence-corrected chi connectivity index (χ3v) is 4.17. The van der Waals surface area contributed by atoms with E-state index < -0.39 is 0 Å². The molecule has 0 amide bonds. The lowest BCUT2D eigenvalue weighted by molar-refractivity contribution is 0.281. The Balaban J connectivity index is 1.99. The first kappa shape index (κ1) is 14.7. The molecule has 2 aliphatic rings. The van der Waals surface area contributed by atoms with Crippen LogP contribution in [0.1, 0.15) is 30.5 Å². The first-order valence-electron chi connectivity index (χ1n) is 8.02. The number of hydrogen-bond acceptors (Lipinski definition) is 4. The molecule has 2 aliphatic heterocycles. The summed E-state index contributed by atoms with van der Waals surface area (Å²) >= 11 is 0. The molecule has 0 aromatic heterocycles. The van der Waals surface area contributed by atoms with Crippen molar-refractivity contribution in [2.24, 2.45) is 15.7 Å². The van der Waals surface area contributed by atoms with Crippen molar-refractivity contribution in [2.45, 2.75) is 19.4 Å². The van der Waals surface area contributed by atoms with Crippen molar-refractivity contribution in [3.8, 4) is 0 Å². The topological polar surface area (TPSA) is 60.0 Å². The second kappa shape index (κ2) is 5.34. The van der Waals surface area contributed by atoms with Crippen molar-refractivity contribution in [1.29, 1.82) is 0 Å². The summed E-state index contributed by atoms with van der Waals surface area (Å²) in [6, 6.07) is 18.1. The average molecular weight is 317 g/mol. The van der Waals surface area contributed by atoms with Crippen LogP contribution in [0.5, 0.6) is 0 Å². The van der Waals surface area contributed by atoms with E-state index in [4.69, 9.17) is 15.5 Å². The molecule has 0 atom stereocenters. The number of hydrogen-bond donors (Lipinski definition) is 1. The predicted octanol–water partition coefficient (Wildman–Crippen LogP) is 3.48. The maximum atomic E-state index is 6.14. The van der Waals surface area contributed by atoms with Gasteiger partial charge in [0.1, 0.15) is 12.4 Å². The van der Waals surface area contributed by atoms with Crippen LogP contribution in [0.3, 0.4) is 0 Å². The third kappa shape index (κ3) is 2.40. The fourth-order valence-corrected chi connectivity index (χ4v) is 3.02. The highest BCUT2D eigenvalue weighted by Crippen LogP contribution is 2.37. The van der Waals surface area contributed by atoms with Crippen LogP contribution in [-0.4, -0.2) is 23.9 Å². The van der Waals surface area contributed by atoms with Crippen LogP contribution < -0.4 is 5.73 Å². The summed E-state index contributed by atoms with van der Waals surface area (Å²) in [4.78, 5) is 9.40. The highest BCUT2D eigenvalue weighted by molar-refractivity contribution is 6.30. The van der Waals surface area contributed by atoms with Gasteiger partial charge < -0.3 is 10.5 Å². The SMILES string of the molecule is CC1(C)COC(/C(=C2\N=C(N)c3ccccc32)c2ccccc2)=N1. The Kier molecular flexibility index (Phi) is 3.27. The monoisotopic (exact) mass is 317 g/mol. The normalized spacial score (nSPS) is 20.1. The molecular weight excluding hydrogens is 298 g/mol. The summed E-state index contributed by atoms with van der Waals surface area (Å²) in [7, 11) is 0. The number of nitrogens with zero attached hydrogens (tertiary/aromatic N) is 2. The second-order valence-electron chi connectivity index (χ2n) is 6.65. The lowest BCUT2D eigenvalue weighted by atomic mass is 9.98. The molecule has 120 valence electrons. The van der Waals surface area contributed by atoms with Gasteiger partial charge in [0.25, 0.3) is 0 Å². The van der Waals surface area contributed by atoms with E-state index in [0.29, 0.717) is 18.3 Å². The fraction of sp³-hybridized carbons (Fsp3) is 0.200. The molecule has 0 saturated heterocycles. The van der Waals surface area contributed by atoms with Gasteiger partial charge in [-0.05, 0) is 19.4 Å². The predicted molar refractivity (Wildman–Crippen MR) is 97.9 cm³/mol. The number of ether oxygens (including phenoxy) is 1. The zero-order valence-electron chi connectivity index (χ0n) is 13.8. The van der Waals surface area contributed by atoms with Crippen molar-refractivity contribution < 1.29 is 4.74 Å². The summed E-state index contributed by atoms with van der Waals surface area (Å²) in [6.07, 6.45) is 0. The van der Waals surface area contributed by atoms with Crippen LogP contribution in [-0.2, 0) is 4.74 Å². The summed E-state index contributed by atoms with van der Waals surface area (Å²) in [6.45, 7) is 4.69. The number of rotatable bonds is 2. The third-order valence-electron chi connectivity index (χ3n) is 4.17. The van der Waals surface area contributed by atoms with E-state index in [2.05, 4.69) is 18.8 Å². The zero-order chi connectivity index (χ0) is 16.7. The van der Waals surface area contributed by atoms with Crippen LogP contribution in [0.15, 0.2) is 64.6 Å². The Bertz CT molecular complexity index is 892. The van der Waals surface area contributed by atoms with Gasteiger partial charge >= 0.3 is 0 Å². The molecule has 24 heavy (non-hydrogen) atoms. The number of aliphatic imine (C=N–C) groups is 2. The minimum Gasteiger partial charge on any atom is -0.475 e. The van der Waals surface area contributed by atoms with Gasteiger partial charge in [-0.3, -0.25) is 0 Å². The molecule has 0 unspecified atom stereocenters. The molecule has 4 heteroatoms. The molecule has 2 aromatic rings. The lowest BCUT2D eigenvalue weighted by Gasteiger charge is -2.11. The van der Waals surface area contributed by atoms with E-state index in [-0.39, 0.29) is 5.54 Å². The molecule has 0 bridgehead atoms. The Morgan fingerprint density at radius 2 is 1.67 bits per heavy atom. The first-order valence-corrected chi connectivity index (χ1v) is 8.02. The van der Waals surface area contributed by atoms with Gasteiger partial charge in [0.05, 0.1) is 16.8 Å². The molecule has 2 heterocycles. The number of nitrogens with two attached hydrogens (primary N) is 1. The van der Waals surface area contributed by atoms with E-state index in [1.54, 1.807) is 0 Å². The number of fused-ring (bicyclic) bond motifs is 1. The maximum Gasteiger partial charge on any atom is 0.219 e. The van der Waals surface area contributed by atoms with Gasteiger partial charge in [-0.2, -0.15) is 0 Å². The van der Waals surface area contributed by atoms with Crippen LogP contribution in [0.4, 0.5) is 0 Å². The van der Waals surface area contributed by atoms with Crippen molar-refractivity contribution in [3.63, 3.8) is 0 Å². The number of amidine groups is 1. The molecule has 0 radical (unpaired) electrons.